The van der Waals surface area contributed by atoms with Crippen molar-refractivity contribution in [1.29, 1.82) is 0 Å². The van der Waals surface area contributed by atoms with E-state index in [9.17, 15) is 18.3 Å². The van der Waals surface area contributed by atoms with Crippen LogP contribution in [-0.4, -0.2) is 45.8 Å². The first-order valence-corrected chi connectivity index (χ1v) is 15.2. The van der Waals surface area contributed by atoms with Crippen molar-refractivity contribution in [2.45, 2.75) is 56.8 Å². The monoisotopic (exact) mass is 503 g/mol. The molecule has 0 aromatic heterocycles. The van der Waals surface area contributed by atoms with E-state index in [1.165, 1.54) is 31.3 Å². The predicted molar refractivity (Wildman–Crippen MR) is 135 cm³/mol. The molecule has 9 heteroatoms. The molecule has 2 aromatic carbocycles. The first-order valence-electron chi connectivity index (χ1n) is 10.8. The number of likely N-dealkylation sites (N-methyl/N-ethyl adjacent to an activating group) is 1. The lowest BCUT2D eigenvalue weighted by Gasteiger charge is -2.36. The van der Waals surface area contributed by atoms with Gasteiger partial charge < -0.3 is 14.3 Å². The summed E-state index contributed by atoms with van der Waals surface area (Å²) in [6.07, 6.45) is 0. The number of nitrogens with zero attached hydrogens (tertiary/aromatic N) is 1. The van der Waals surface area contributed by atoms with Crippen LogP contribution in [0.1, 0.15) is 39.3 Å². The van der Waals surface area contributed by atoms with E-state index in [0.29, 0.717) is 17.1 Å². The van der Waals surface area contributed by atoms with Gasteiger partial charge in [0.1, 0.15) is 24.1 Å². The molecule has 2 aromatic rings. The number of carboxylic acid groups (broad SMARTS) is 1. The van der Waals surface area contributed by atoms with Crippen LogP contribution < -0.4 is 9.16 Å². The maximum absolute atomic E-state index is 13.2. The molecule has 1 N–H and O–H groups in total. The van der Waals surface area contributed by atoms with Gasteiger partial charge in [0, 0.05) is 7.05 Å². The summed E-state index contributed by atoms with van der Waals surface area (Å²) in [7, 11) is -4.89. The highest BCUT2D eigenvalue weighted by Crippen LogP contribution is 2.37. The van der Waals surface area contributed by atoms with Crippen LogP contribution in [0.2, 0.25) is 18.1 Å². The molecule has 0 spiro atoms. The Bertz CT molecular complexity index is 1160. The summed E-state index contributed by atoms with van der Waals surface area (Å²) in [6, 6.07) is 11.0. The second-order valence-corrected chi connectivity index (χ2v) is 16.1. The summed E-state index contributed by atoms with van der Waals surface area (Å²) in [5.41, 5.74) is 0.333. The van der Waals surface area contributed by atoms with Crippen LogP contribution in [0.25, 0.3) is 0 Å². The second-order valence-electron chi connectivity index (χ2n) is 9.38. The molecule has 0 aliphatic carbocycles. The number of aliphatic carboxylic acids is 1. The topological polar surface area (TPSA) is 93.1 Å². The number of hydrogen-bond acceptors (Lipinski definition) is 5. The van der Waals surface area contributed by atoms with E-state index in [2.05, 4.69) is 45.7 Å². The van der Waals surface area contributed by atoms with Crippen LogP contribution >= 0.6 is 0 Å². The molecule has 1 atom stereocenters. The van der Waals surface area contributed by atoms with Crippen LogP contribution in [0, 0.1) is 11.8 Å². The number of rotatable bonds is 9. The van der Waals surface area contributed by atoms with Crippen molar-refractivity contribution >= 4 is 24.3 Å². The minimum Gasteiger partial charge on any atom is -0.544 e. The molecule has 184 valence electrons. The average molecular weight is 504 g/mol. The Morgan fingerprint density at radius 3 is 2.06 bits per heavy atom. The number of benzene rings is 2. The summed E-state index contributed by atoms with van der Waals surface area (Å²) in [4.78, 5) is 12.1. The first kappa shape index (κ1) is 27.4. The van der Waals surface area contributed by atoms with Gasteiger partial charge in [-0.3, -0.25) is 4.79 Å². The average Bonchev–Trinajstić information content (AvgIpc) is 2.74. The molecule has 7 nitrogen and oxygen atoms in total. The number of carbonyl (C=O) groups is 1. The fraction of sp³-hybridized carbons (Fsp3) is 0.400. The summed E-state index contributed by atoms with van der Waals surface area (Å²) < 4.78 is 38.9. The highest BCUT2D eigenvalue weighted by Gasteiger charge is 2.39. The summed E-state index contributed by atoms with van der Waals surface area (Å²) in [5, 5.41) is 9.88. The maximum atomic E-state index is 13.2. The van der Waals surface area contributed by atoms with Gasteiger partial charge in [-0.15, -0.1) is 5.92 Å². The molecular weight excluding hydrogens is 470 g/mol. The lowest BCUT2D eigenvalue weighted by Crippen LogP contribution is -2.43. The Hall–Kier alpha value is -2.80. The van der Waals surface area contributed by atoms with Gasteiger partial charge in [0.25, 0.3) is 0 Å². The Balaban J connectivity index is 2.28. The molecule has 34 heavy (non-hydrogen) atoms. The van der Waals surface area contributed by atoms with Crippen molar-refractivity contribution in [2.75, 3.05) is 13.7 Å². The van der Waals surface area contributed by atoms with Gasteiger partial charge in [-0.2, -0.15) is 4.31 Å². The summed E-state index contributed by atoms with van der Waals surface area (Å²) >= 11 is 0. The molecular formula is C25H33NO6SSi. The third-order valence-electron chi connectivity index (χ3n) is 5.96. The third kappa shape index (κ3) is 6.41. The first-order chi connectivity index (χ1) is 15.7. The van der Waals surface area contributed by atoms with Crippen LogP contribution in [0.5, 0.6) is 11.5 Å². The Morgan fingerprint density at radius 2 is 1.59 bits per heavy atom. The molecule has 0 heterocycles. The summed E-state index contributed by atoms with van der Waals surface area (Å²) in [6.45, 7) is 12.5. The van der Waals surface area contributed by atoms with Crippen molar-refractivity contribution in [1.82, 2.24) is 4.31 Å². The fourth-order valence-corrected chi connectivity index (χ4v) is 5.21. The molecule has 0 saturated heterocycles. The Kier molecular flexibility index (Phi) is 8.58. The number of hydrogen-bond donors (Lipinski definition) is 1. The maximum Gasteiger partial charge on any atom is 0.326 e. The van der Waals surface area contributed by atoms with Crippen LogP contribution in [0.15, 0.2) is 53.4 Å². The smallest absolute Gasteiger partial charge is 0.326 e. The molecule has 0 bridgehead atoms. The lowest BCUT2D eigenvalue weighted by molar-refractivity contribution is -0.141. The van der Waals surface area contributed by atoms with Crippen molar-refractivity contribution in [3.05, 3.63) is 54.1 Å². The minimum atomic E-state index is -4.09. The van der Waals surface area contributed by atoms with E-state index in [-0.39, 0.29) is 16.5 Å². The van der Waals surface area contributed by atoms with E-state index in [1.54, 1.807) is 31.2 Å². The number of sulfonamides is 1. The standard InChI is InChI=1S/C25H33NO6SSi/c1-8-9-18-31-20-14-16-22(17-15-20)33(29,30)26(5)23(24(27)28)19-10-12-21(13-11-19)32-34(6,7)25(2,3)4/h10-17,23H,18H2,1-7H3,(H,27,28). The number of carboxylic acids is 1. The van der Waals surface area contributed by atoms with E-state index in [1.807, 2.05) is 0 Å². The van der Waals surface area contributed by atoms with Crippen molar-refractivity contribution in [3.8, 4) is 23.3 Å². The predicted octanol–water partition coefficient (Wildman–Crippen LogP) is 4.92. The van der Waals surface area contributed by atoms with Gasteiger partial charge in [-0.25, -0.2) is 8.42 Å². The molecule has 0 aliphatic rings. The SMILES string of the molecule is CC#CCOc1ccc(S(=O)(=O)N(C)C(C(=O)O)c2ccc(O[Si](C)(C)C(C)(C)C)cc2)cc1. The van der Waals surface area contributed by atoms with E-state index >= 15 is 0 Å². The van der Waals surface area contributed by atoms with Gasteiger partial charge in [-0.05, 0) is 67.0 Å². The van der Waals surface area contributed by atoms with Gasteiger partial charge >= 0.3 is 5.97 Å². The van der Waals surface area contributed by atoms with Gasteiger partial charge in [0.2, 0.25) is 18.3 Å². The van der Waals surface area contributed by atoms with Crippen molar-refractivity contribution in [3.63, 3.8) is 0 Å². The zero-order chi connectivity index (χ0) is 25.7. The molecule has 0 amide bonds. The molecule has 2 rings (SSSR count). The van der Waals surface area contributed by atoms with E-state index in [0.717, 1.165) is 4.31 Å². The Labute approximate surface area is 203 Å². The minimum absolute atomic E-state index is 0.00750. The second kappa shape index (κ2) is 10.6. The van der Waals surface area contributed by atoms with Gasteiger partial charge in [-0.1, -0.05) is 38.8 Å². The summed E-state index contributed by atoms with van der Waals surface area (Å²) in [5.74, 6) is 5.29. The van der Waals surface area contributed by atoms with Gasteiger partial charge in [0.05, 0.1) is 4.90 Å². The van der Waals surface area contributed by atoms with E-state index < -0.39 is 30.4 Å². The quantitative estimate of drug-likeness (QED) is 0.386. The molecule has 1 unspecified atom stereocenters. The van der Waals surface area contributed by atoms with Gasteiger partial charge in [0.15, 0.2) is 0 Å². The van der Waals surface area contributed by atoms with E-state index in [4.69, 9.17) is 9.16 Å². The zero-order valence-corrected chi connectivity index (χ0v) is 22.6. The largest absolute Gasteiger partial charge is 0.544 e. The highest BCUT2D eigenvalue weighted by molar-refractivity contribution is 7.89. The number of ether oxygens (including phenoxy) is 1. The normalized spacial score (nSPS) is 13.1. The molecule has 0 fully saturated rings. The van der Waals surface area contributed by atoms with Crippen LogP contribution in [0.4, 0.5) is 0 Å². The van der Waals surface area contributed by atoms with Crippen molar-refractivity contribution in [2.24, 2.45) is 0 Å². The third-order valence-corrected chi connectivity index (χ3v) is 12.2. The highest BCUT2D eigenvalue weighted by atomic mass is 32.2. The lowest BCUT2D eigenvalue weighted by atomic mass is 10.1. The molecule has 0 saturated carbocycles. The molecule has 0 aliphatic heterocycles. The van der Waals surface area contributed by atoms with Crippen LogP contribution in [0.3, 0.4) is 0 Å². The zero-order valence-electron chi connectivity index (χ0n) is 20.7. The van der Waals surface area contributed by atoms with Crippen LogP contribution in [-0.2, 0) is 14.8 Å². The Morgan fingerprint density at radius 1 is 1.06 bits per heavy atom. The van der Waals surface area contributed by atoms with Crippen molar-refractivity contribution < 1.29 is 27.5 Å². The fourth-order valence-electron chi connectivity index (χ4n) is 2.88. The molecule has 0 radical (unpaired) electrons.